The van der Waals surface area contributed by atoms with E-state index in [9.17, 15) is 5.11 Å². The van der Waals surface area contributed by atoms with Gasteiger partial charge in [-0.2, -0.15) is 10.1 Å². The third-order valence-electron chi connectivity index (χ3n) is 5.52. The summed E-state index contributed by atoms with van der Waals surface area (Å²) in [5.41, 5.74) is 2.00. The molecule has 12 heteroatoms. The fourth-order valence-electron chi connectivity index (χ4n) is 3.93. The Balaban J connectivity index is 1.23. The van der Waals surface area contributed by atoms with Crippen molar-refractivity contribution < 1.29 is 24.1 Å². The molecule has 2 aliphatic rings. The Kier molecular flexibility index (Phi) is 6.15. The summed E-state index contributed by atoms with van der Waals surface area (Å²) < 4.78 is 24.0. The molecule has 3 N–H and O–H groups in total. The summed E-state index contributed by atoms with van der Waals surface area (Å²) >= 11 is 6.41. The molecular weight excluding hydrogens is 440 g/mol. The first-order chi connectivity index (χ1) is 15.6. The number of aryl methyl sites for hydroxylation is 1. The van der Waals surface area contributed by atoms with Crippen molar-refractivity contribution in [1.29, 1.82) is 0 Å². The summed E-state index contributed by atoms with van der Waals surface area (Å²) in [5, 5.41) is 18.1. The molecule has 5 rings (SSSR count). The van der Waals surface area contributed by atoms with Crippen LogP contribution in [0.5, 0.6) is 6.01 Å². The molecule has 0 aromatic carbocycles. The second-order valence-corrected chi connectivity index (χ2v) is 8.23. The standard InChI is InChI=1S/C20H25ClN6O5/c1-29-6-2-4-27-5-3-11(26-27)8-22-18-12(21)7-13-19(24-18)25-20(23-13)32-15-10-31-16-14(28)9-30-17(15)16/h3,5,7,14-17,28H,2,4,6,8-10H2,1H3,(H2,22,23,24,25)/t14-,15-,16-,17-/m1/s1. The molecule has 172 valence electrons. The molecule has 0 radical (unpaired) electrons. The van der Waals surface area contributed by atoms with E-state index < -0.39 is 6.10 Å². The Morgan fingerprint density at radius 1 is 1.31 bits per heavy atom. The van der Waals surface area contributed by atoms with E-state index in [1.165, 1.54) is 0 Å². The van der Waals surface area contributed by atoms with Crippen LogP contribution in [0.4, 0.5) is 5.82 Å². The van der Waals surface area contributed by atoms with Gasteiger partial charge in [-0.3, -0.25) is 4.68 Å². The molecule has 2 fully saturated rings. The number of anilines is 1. The van der Waals surface area contributed by atoms with Crippen molar-refractivity contribution in [3.8, 4) is 6.01 Å². The molecule has 0 spiro atoms. The lowest BCUT2D eigenvalue weighted by molar-refractivity contribution is 0.00706. The highest BCUT2D eigenvalue weighted by molar-refractivity contribution is 6.33. The van der Waals surface area contributed by atoms with Crippen molar-refractivity contribution in [2.45, 2.75) is 43.9 Å². The number of ether oxygens (including phenoxy) is 4. The van der Waals surface area contributed by atoms with Gasteiger partial charge in [-0.05, 0) is 18.6 Å². The van der Waals surface area contributed by atoms with Gasteiger partial charge in [-0.15, -0.1) is 0 Å². The third-order valence-corrected chi connectivity index (χ3v) is 5.81. The van der Waals surface area contributed by atoms with Gasteiger partial charge < -0.3 is 34.4 Å². The molecule has 2 saturated heterocycles. The highest BCUT2D eigenvalue weighted by Crippen LogP contribution is 2.30. The quantitative estimate of drug-likeness (QED) is 0.402. The number of methoxy groups -OCH3 is 1. The normalized spacial score (nSPS) is 24.8. The summed E-state index contributed by atoms with van der Waals surface area (Å²) in [5.74, 6) is 0.512. The zero-order valence-electron chi connectivity index (χ0n) is 17.5. The third kappa shape index (κ3) is 4.39. The lowest BCUT2D eigenvalue weighted by Crippen LogP contribution is -2.34. The van der Waals surface area contributed by atoms with Gasteiger partial charge in [-0.25, -0.2) is 4.98 Å². The highest BCUT2D eigenvalue weighted by atomic mass is 35.5. The first kappa shape index (κ1) is 21.4. The van der Waals surface area contributed by atoms with E-state index in [0.29, 0.717) is 47.8 Å². The zero-order valence-corrected chi connectivity index (χ0v) is 18.3. The molecule has 0 bridgehead atoms. The molecule has 11 nitrogen and oxygen atoms in total. The number of imidazole rings is 1. The minimum atomic E-state index is -0.630. The Hall–Kier alpha value is -2.44. The van der Waals surface area contributed by atoms with E-state index in [0.717, 1.165) is 18.7 Å². The number of nitrogens with one attached hydrogen (secondary N) is 2. The van der Waals surface area contributed by atoms with Gasteiger partial charge in [0.1, 0.15) is 24.1 Å². The monoisotopic (exact) mass is 464 g/mol. The van der Waals surface area contributed by atoms with E-state index in [-0.39, 0.29) is 24.9 Å². The highest BCUT2D eigenvalue weighted by Gasteiger charge is 2.48. The van der Waals surface area contributed by atoms with E-state index in [4.69, 9.17) is 30.5 Å². The summed E-state index contributed by atoms with van der Waals surface area (Å²) in [6.07, 6.45) is 1.17. The number of aromatic nitrogens is 5. The number of pyridine rings is 1. The fraction of sp³-hybridized carbons (Fsp3) is 0.550. The van der Waals surface area contributed by atoms with E-state index in [1.807, 2.05) is 16.9 Å². The number of halogens is 1. The number of aliphatic hydroxyl groups is 1. The van der Waals surface area contributed by atoms with Crippen LogP contribution in [0, 0.1) is 0 Å². The van der Waals surface area contributed by atoms with Crippen molar-refractivity contribution in [2.24, 2.45) is 0 Å². The Bertz CT molecular complexity index is 1070. The Morgan fingerprint density at radius 3 is 3.06 bits per heavy atom. The lowest BCUT2D eigenvalue weighted by atomic mass is 10.1. The van der Waals surface area contributed by atoms with Gasteiger partial charge in [-0.1, -0.05) is 11.6 Å². The number of hydrogen-bond donors (Lipinski definition) is 3. The van der Waals surface area contributed by atoms with Crippen molar-refractivity contribution in [2.75, 3.05) is 32.2 Å². The van der Waals surface area contributed by atoms with Crippen LogP contribution in [0.25, 0.3) is 11.2 Å². The molecule has 3 aromatic heterocycles. The minimum absolute atomic E-state index is 0.243. The van der Waals surface area contributed by atoms with Gasteiger partial charge in [0.05, 0.1) is 36.0 Å². The first-order valence-electron chi connectivity index (χ1n) is 10.5. The summed E-state index contributed by atoms with van der Waals surface area (Å²) in [6.45, 7) is 2.54. The average Bonchev–Trinajstić information content (AvgIpc) is 3.54. The van der Waals surface area contributed by atoms with Crippen LogP contribution in [-0.4, -0.2) is 81.2 Å². The van der Waals surface area contributed by atoms with Crippen molar-refractivity contribution in [1.82, 2.24) is 24.7 Å². The number of rotatable bonds is 9. The molecule has 0 aliphatic carbocycles. The van der Waals surface area contributed by atoms with Gasteiger partial charge in [0, 0.05) is 26.5 Å². The molecule has 4 atom stereocenters. The molecule has 5 heterocycles. The Labute approximate surface area is 189 Å². The van der Waals surface area contributed by atoms with Crippen LogP contribution < -0.4 is 10.1 Å². The van der Waals surface area contributed by atoms with Gasteiger partial charge >= 0.3 is 0 Å². The smallest absolute Gasteiger partial charge is 0.296 e. The van der Waals surface area contributed by atoms with Crippen LogP contribution in [0.15, 0.2) is 18.3 Å². The van der Waals surface area contributed by atoms with Crippen LogP contribution >= 0.6 is 11.6 Å². The second-order valence-electron chi connectivity index (χ2n) is 7.82. The lowest BCUT2D eigenvalue weighted by Gasteiger charge is -2.15. The molecule has 3 aromatic rings. The number of aromatic amines is 1. The Morgan fingerprint density at radius 2 is 2.19 bits per heavy atom. The topological polar surface area (TPSA) is 129 Å². The molecular formula is C20H25ClN6O5. The SMILES string of the molecule is COCCCn1ccc(CNc2nc3nc(O[C@@H]4CO[C@H]5[C@@H]4OC[C@H]5O)[nH]c3cc2Cl)n1. The molecule has 0 saturated carbocycles. The van der Waals surface area contributed by atoms with Crippen molar-refractivity contribution in [3.63, 3.8) is 0 Å². The maximum absolute atomic E-state index is 9.87. The first-order valence-corrected chi connectivity index (χ1v) is 10.9. The van der Waals surface area contributed by atoms with Crippen molar-refractivity contribution in [3.05, 3.63) is 29.0 Å². The van der Waals surface area contributed by atoms with Crippen LogP contribution in [0.1, 0.15) is 12.1 Å². The van der Waals surface area contributed by atoms with Crippen LogP contribution in [0.2, 0.25) is 5.02 Å². The maximum Gasteiger partial charge on any atom is 0.296 e. The second kappa shape index (κ2) is 9.20. The molecule has 0 amide bonds. The fourth-order valence-corrected chi connectivity index (χ4v) is 4.15. The number of aliphatic hydroxyl groups excluding tert-OH is 1. The summed E-state index contributed by atoms with van der Waals surface area (Å²) in [7, 11) is 1.69. The van der Waals surface area contributed by atoms with Gasteiger partial charge in [0.15, 0.2) is 11.8 Å². The number of nitrogens with zero attached hydrogens (tertiary/aromatic N) is 4. The molecule has 0 unspecified atom stereocenters. The predicted octanol–water partition coefficient (Wildman–Crippen LogP) is 1.36. The van der Waals surface area contributed by atoms with Crippen LogP contribution in [0.3, 0.4) is 0 Å². The molecule has 32 heavy (non-hydrogen) atoms. The van der Waals surface area contributed by atoms with Crippen LogP contribution in [-0.2, 0) is 27.3 Å². The van der Waals surface area contributed by atoms with Gasteiger partial charge in [0.25, 0.3) is 6.01 Å². The zero-order chi connectivity index (χ0) is 22.1. The molecule has 2 aliphatic heterocycles. The van der Waals surface area contributed by atoms with E-state index in [2.05, 4.69) is 25.4 Å². The maximum atomic E-state index is 9.87. The number of fused-ring (bicyclic) bond motifs is 2. The number of H-pyrrole nitrogens is 1. The number of hydrogen-bond acceptors (Lipinski definition) is 9. The van der Waals surface area contributed by atoms with Gasteiger partial charge in [0.2, 0.25) is 0 Å². The summed E-state index contributed by atoms with van der Waals surface area (Å²) in [4.78, 5) is 12.0. The predicted molar refractivity (Wildman–Crippen MR) is 115 cm³/mol. The minimum Gasteiger partial charge on any atom is -0.456 e. The average molecular weight is 465 g/mol. The van der Waals surface area contributed by atoms with Crippen molar-refractivity contribution >= 4 is 28.6 Å². The summed E-state index contributed by atoms with van der Waals surface area (Å²) in [6, 6.07) is 4.00. The largest absolute Gasteiger partial charge is 0.456 e. The van der Waals surface area contributed by atoms with E-state index in [1.54, 1.807) is 13.2 Å². The van der Waals surface area contributed by atoms with E-state index >= 15 is 0 Å².